The normalized spacial score (nSPS) is 22.3. The van der Waals surface area contributed by atoms with Gasteiger partial charge in [0.25, 0.3) is 0 Å². The molecule has 1 aromatic carbocycles. The molecule has 180 valence electrons. The molecule has 0 radical (unpaired) electrons. The maximum Gasteiger partial charge on any atom is 0.410 e. The first-order valence-corrected chi connectivity index (χ1v) is 12.7. The Hall–Kier alpha value is -2.78. The number of rotatable bonds is 4. The first-order valence-electron chi connectivity index (χ1n) is 11.9. The molecule has 0 N–H and O–H groups in total. The number of likely N-dealkylation sites (tertiary alicyclic amines) is 1. The summed E-state index contributed by atoms with van der Waals surface area (Å²) in [5, 5.41) is 0.869. The Morgan fingerprint density at radius 1 is 1.12 bits per heavy atom. The van der Waals surface area contributed by atoms with E-state index in [4.69, 9.17) is 4.74 Å². The SMILES string of the molecule is C[C@@H]1CN(c2nc3ccc(F)cc3s2)C[C@@H](C)N1C(=O)OC1CCN(Cc2ccncc2)CC1. The predicted octanol–water partition coefficient (Wildman–Crippen LogP) is 4.53. The fraction of sp³-hybridized carbons (Fsp3) is 0.480. The molecule has 0 spiro atoms. The number of anilines is 1. The Morgan fingerprint density at radius 3 is 2.53 bits per heavy atom. The molecule has 4 heterocycles. The average molecular weight is 484 g/mol. The second-order valence-electron chi connectivity index (χ2n) is 9.33. The van der Waals surface area contributed by atoms with Crippen molar-refractivity contribution in [2.45, 2.75) is 51.4 Å². The molecule has 2 aromatic heterocycles. The van der Waals surface area contributed by atoms with Crippen LogP contribution in [0.3, 0.4) is 0 Å². The Bertz CT molecular complexity index is 1120. The van der Waals surface area contributed by atoms with E-state index in [9.17, 15) is 9.18 Å². The highest BCUT2D eigenvalue weighted by molar-refractivity contribution is 7.22. The van der Waals surface area contributed by atoms with Crippen molar-refractivity contribution in [1.29, 1.82) is 0 Å². The monoisotopic (exact) mass is 483 g/mol. The number of nitrogens with zero attached hydrogens (tertiary/aromatic N) is 5. The van der Waals surface area contributed by atoms with Crippen LogP contribution in [0.5, 0.6) is 0 Å². The molecule has 9 heteroatoms. The second kappa shape index (κ2) is 9.84. The number of halogens is 1. The smallest absolute Gasteiger partial charge is 0.410 e. The number of benzene rings is 1. The highest BCUT2D eigenvalue weighted by Crippen LogP contribution is 2.32. The lowest BCUT2D eigenvalue weighted by atomic mass is 10.1. The quantitative estimate of drug-likeness (QED) is 0.543. The number of pyridine rings is 1. The number of piperazine rings is 1. The van der Waals surface area contributed by atoms with Crippen LogP contribution in [0, 0.1) is 5.82 Å². The number of carbonyl (C=O) groups excluding carboxylic acids is 1. The third-order valence-electron chi connectivity index (χ3n) is 6.70. The van der Waals surface area contributed by atoms with Crippen molar-refractivity contribution in [3.05, 3.63) is 54.1 Å². The zero-order valence-electron chi connectivity index (χ0n) is 19.6. The van der Waals surface area contributed by atoms with Crippen LogP contribution in [-0.2, 0) is 11.3 Å². The predicted molar refractivity (Wildman–Crippen MR) is 132 cm³/mol. The largest absolute Gasteiger partial charge is 0.446 e. The summed E-state index contributed by atoms with van der Waals surface area (Å²) in [4.78, 5) is 28.3. The molecular weight excluding hydrogens is 453 g/mol. The van der Waals surface area contributed by atoms with Crippen molar-refractivity contribution >= 4 is 32.8 Å². The molecule has 0 bridgehead atoms. The fourth-order valence-corrected chi connectivity index (χ4v) is 6.00. The highest BCUT2D eigenvalue weighted by Gasteiger charge is 2.36. The van der Waals surface area contributed by atoms with Crippen LogP contribution in [0.25, 0.3) is 10.2 Å². The van der Waals surface area contributed by atoms with Crippen molar-refractivity contribution < 1.29 is 13.9 Å². The first-order chi connectivity index (χ1) is 16.5. The number of hydrogen-bond acceptors (Lipinski definition) is 7. The number of thiazole rings is 1. The van der Waals surface area contributed by atoms with Crippen molar-refractivity contribution in [1.82, 2.24) is 19.8 Å². The third kappa shape index (κ3) is 5.00. The first kappa shape index (κ1) is 23.0. The molecular formula is C25H30FN5O2S. The number of piperidine rings is 1. The summed E-state index contributed by atoms with van der Waals surface area (Å²) in [5.74, 6) is -0.250. The van der Waals surface area contributed by atoms with Gasteiger partial charge >= 0.3 is 6.09 Å². The van der Waals surface area contributed by atoms with Crippen LogP contribution in [0.2, 0.25) is 0 Å². The van der Waals surface area contributed by atoms with Gasteiger partial charge in [0.1, 0.15) is 11.9 Å². The van der Waals surface area contributed by atoms with Gasteiger partial charge in [0.15, 0.2) is 5.13 Å². The lowest BCUT2D eigenvalue weighted by Crippen LogP contribution is -2.59. The van der Waals surface area contributed by atoms with Gasteiger partial charge in [-0.2, -0.15) is 0 Å². The number of fused-ring (bicyclic) bond motifs is 1. The van der Waals surface area contributed by atoms with Crippen LogP contribution in [0.15, 0.2) is 42.7 Å². The van der Waals surface area contributed by atoms with Gasteiger partial charge in [-0.25, -0.2) is 14.2 Å². The van der Waals surface area contributed by atoms with E-state index in [0.717, 1.165) is 47.8 Å². The van der Waals surface area contributed by atoms with E-state index >= 15 is 0 Å². The van der Waals surface area contributed by atoms with E-state index < -0.39 is 0 Å². The van der Waals surface area contributed by atoms with Crippen LogP contribution < -0.4 is 4.90 Å². The maximum atomic E-state index is 13.6. The highest BCUT2D eigenvalue weighted by atomic mass is 32.1. The lowest BCUT2D eigenvalue weighted by Gasteiger charge is -2.44. The van der Waals surface area contributed by atoms with Gasteiger partial charge in [0, 0.05) is 45.1 Å². The van der Waals surface area contributed by atoms with E-state index in [1.807, 2.05) is 43.3 Å². The van der Waals surface area contributed by atoms with Crippen molar-refractivity contribution in [2.24, 2.45) is 0 Å². The number of carbonyl (C=O) groups is 1. The Morgan fingerprint density at radius 2 is 1.82 bits per heavy atom. The minimum absolute atomic E-state index is 0.00761. The van der Waals surface area contributed by atoms with Crippen LogP contribution in [-0.4, -0.2) is 70.2 Å². The summed E-state index contributed by atoms with van der Waals surface area (Å²) in [6.45, 7) is 8.17. The number of hydrogen-bond donors (Lipinski definition) is 0. The maximum absolute atomic E-state index is 13.6. The molecule has 1 amide bonds. The molecule has 0 unspecified atom stereocenters. The zero-order valence-corrected chi connectivity index (χ0v) is 20.4. The van der Waals surface area contributed by atoms with E-state index in [1.54, 1.807) is 6.07 Å². The van der Waals surface area contributed by atoms with Gasteiger partial charge in [0.2, 0.25) is 0 Å². The molecule has 2 aliphatic rings. The Balaban J connectivity index is 1.15. The van der Waals surface area contributed by atoms with E-state index in [-0.39, 0.29) is 30.1 Å². The number of ether oxygens (including phenoxy) is 1. The van der Waals surface area contributed by atoms with E-state index in [0.29, 0.717) is 13.1 Å². The summed E-state index contributed by atoms with van der Waals surface area (Å²) in [6, 6.07) is 8.75. The van der Waals surface area contributed by atoms with Crippen LogP contribution in [0.4, 0.5) is 14.3 Å². The van der Waals surface area contributed by atoms with Gasteiger partial charge in [0.05, 0.1) is 22.3 Å². The molecule has 2 atom stereocenters. The van der Waals surface area contributed by atoms with Crippen molar-refractivity contribution in [3.8, 4) is 0 Å². The standard InChI is InChI=1S/C25H30FN5O2S/c1-17-14-30(24-28-22-4-3-20(26)13-23(22)34-24)15-18(2)31(17)25(32)33-21-7-11-29(12-8-21)16-19-5-9-27-10-6-19/h3-6,9-10,13,17-18,21H,7-8,11-12,14-16H2,1-2H3/t17-,18-/m1/s1. The zero-order chi connectivity index (χ0) is 23.7. The molecule has 34 heavy (non-hydrogen) atoms. The summed E-state index contributed by atoms with van der Waals surface area (Å²) in [5.41, 5.74) is 2.06. The van der Waals surface area contributed by atoms with Crippen molar-refractivity contribution in [2.75, 3.05) is 31.1 Å². The van der Waals surface area contributed by atoms with Gasteiger partial charge in [-0.1, -0.05) is 11.3 Å². The van der Waals surface area contributed by atoms with Gasteiger partial charge < -0.3 is 9.64 Å². The lowest BCUT2D eigenvalue weighted by molar-refractivity contribution is 0.0101. The van der Waals surface area contributed by atoms with Gasteiger partial charge in [-0.15, -0.1) is 0 Å². The summed E-state index contributed by atoms with van der Waals surface area (Å²) in [6.07, 6.45) is 5.07. The van der Waals surface area contributed by atoms with Crippen LogP contribution in [0.1, 0.15) is 32.3 Å². The molecule has 7 nitrogen and oxygen atoms in total. The topological polar surface area (TPSA) is 61.8 Å². The molecule has 2 fully saturated rings. The summed E-state index contributed by atoms with van der Waals surface area (Å²) in [7, 11) is 0. The minimum atomic E-state index is -0.250. The van der Waals surface area contributed by atoms with Crippen LogP contribution >= 0.6 is 11.3 Å². The van der Waals surface area contributed by atoms with Gasteiger partial charge in [-0.3, -0.25) is 14.8 Å². The molecule has 2 saturated heterocycles. The fourth-order valence-electron chi connectivity index (χ4n) is 5.00. The molecule has 0 saturated carbocycles. The van der Waals surface area contributed by atoms with Crippen molar-refractivity contribution in [3.63, 3.8) is 0 Å². The molecule has 0 aliphatic carbocycles. The van der Waals surface area contributed by atoms with E-state index in [2.05, 4.69) is 19.8 Å². The molecule has 3 aromatic rings. The molecule has 2 aliphatic heterocycles. The summed E-state index contributed by atoms with van der Waals surface area (Å²) < 4.78 is 20.4. The van der Waals surface area contributed by atoms with Gasteiger partial charge in [-0.05, 0) is 62.6 Å². The second-order valence-corrected chi connectivity index (χ2v) is 10.3. The molecule has 5 rings (SSSR count). The Kier molecular flexibility index (Phi) is 6.65. The minimum Gasteiger partial charge on any atom is -0.446 e. The third-order valence-corrected chi connectivity index (χ3v) is 7.78. The van der Waals surface area contributed by atoms with E-state index in [1.165, 1.54) is 29.0 Å². The average Bonchev–Trinajstić information content (AvgIpc) is 3.24. The number of aromatic nitrogens is 2. The summed E-state index contributed by atoms with van der Waals surface area (Å²) >= 11 is 1.49. The number of amides is 1. The Labute approximate surface area is 203 Å².